The van der Waals surface area contributed by atoms with Gasteiger partial charge in [0.05, 0.1) is 58.3 Å². The van der Waals surface area contributed by atoms with Crippen molar-refractivity contribution < 1.29 is 118 Å². The van der Waals surface area contributed by atoms with Gasteiger partial charge in [-0.1, -0.05) is 78.1 Å². The fraction of sp³-hybridized carbons (Fsp3) is 1.00. The predicted octanol–water partition coefficient (Wildman–Crippen LogP) is -3.32. The maximum Gasteiger partial charge on any atom is 1.00 e. The maximum atomic E-state index is 9.29. The molecule has 0 aliphatic carbocycles. The SMILES string of the molecule is CCCCCCCCOCC(COCCO)(COCCO)COCCCCCCCC.O=S(=O)([O-])OS(=O)(=O)[O-].[Na+].[Na+]. The summed E-state index contributed by atoms with van der Waals surface area (Å²) in [6.07, 6.45) is 14.8. The second-order valence-electron chi connectivity index (χ2n) is 9.58. The summed E-state index contributed by atoms with van der Waals surface area (Å²) in [6.45, 7) is 8.28. The van der Waals surface area contributed by atoms with Crippen molar-refractivity contribution in [1.29, 1.82) is 0 Å². The van der Waals surface area contributed by atoms with Gasteiger partial charge in [0.25, 0.3) is 0 Å². The van der Waals surface area contributed by atoms with E-state index in [1.165, 1.54) is 64.2 Å². The first-order valence-corrected chi connectivity index (χ1v) is 16.8. The molecule has 0 saturated heterocycles. The largest absolute Gasteiger partial charge is 1.00 e. The molecule has 0 amide bonds. The Balaban J connectivity index is -0.000000564. The summed E-state index contributed by atoms with van der Waals surface area (Å²) in [7, 11) is -10.9. The summed E-state index contributed by atoms with van der Waals surface area (Å²) in [6, 6.07) is 0. The summed E-state index contributed by atoms with van der Waals surface area (Å²) in [5.41, 5.74) is -0.422. The van der Waals surface area contributed by atoms with Crippen LogP contribution in [0.25, 0.3) is 0 Å². The molecule has 0 bridgehead atoms. The van der Waals surface area contributed by atoms with Gasteiger partial charge in [-0.15, -0.1) is 0 Å². The molecule has 0 rings (SSSR count). The van der Waals surface area contributed by atoms with Gasteiger partial charge in [-0.25, -0.2) is 16.8 Å². The predicted molar refractivity (Wildman–Crippen MR) is 147 cm³/mol. The standard InChI is InChI=1S/C25H52O6.2Na.H2O7S2/c1-3-5-7-9-11-13-17-28-21-25(23-30-19-15-26,24-31-20-16-27)22-29-18-14-12-10-8-6-4-2;;;1-8(2,3)7-9(4,5)6/h26-27H,3-24H2,1-2H3;;;(H,1,2,3)(H,4,5,6)/q;2*+1;/p-2. The smallest absolute Gasteiger partial charge is 0.725 e. The monoisotopic (exact) mass is 670 g/mol. The molecule has 0 fully saturated rings. The van der Waals surface area contributed by atoms with Crippen molar-refractivity contribution in [1.82, 2.24) is 0 Å². The Hall–Kier alpha value is 1.54. The number of rotatable bonds is 28. The number of aliphatic hydroxyl groups excluding tert-OH is 2. The van der Waals surface area contributed by atoms with Crippen LogP contribution < -0.4 is 59.1 Å². The molecule has 0 radical (unpaired) electrons. The average molecular weight is 671 g/mol. The molecule has 0 unspecified atom stereocenters. The second kappa shape index (κ2) is 33.9. The second-order valence-corrected chi connectivity index (χ2v) is 11.8. The van der Waals surface area contributed by atoms with Crippen molar-refractivity contribution in [3.8, 4) is 0 Å². The summed E-state index contributed by atoms with van der Waals surface area (Å²) in [5.74, 6) is 0. The van der Waals surface area contributed by atoms with Crippen LogP contribution in [-0.2, 0) is 43.4 Å². The van der Waals surface area contributed by atoms with E-state index in [0.717, 1.165) is 26.1 Å². The summed E-state index contributed by atoms with van der Waals surface area (Å²) in [4.78, 5) is 0. The molecule has 13 nitrogen and oxygen atoms in total. The Kier molecular flexibility index (Phi) is 40.7. The third-order valence-electron chi connectivity index (χ3n) is 5.56. The Bertz CT molecular complexity index is 695. The Morgan fingerprint density at radius 1 is 0.524 bits per heavy atom. The fourth-order valence-corrected chi connectivity index (χ4v) is 4.42. The number of hydrogen-bond acceptors (Lipinski definition) is 13. The Morgan fingerprint density at radius 2 is 0.810 bits per heavy atom. The van der Waals surface area contributed by atoms with E-state index in [4.69, 9.17) is 29.2 Å². The van der Waals surface area contributed by atoms with E-state index in [1.54, 1.807) is 0 Å². The van der Waals surface area contributed by atoms with E-state index in [0.29, 0.717) is 26.4 Å². The Morgan fingerprint density at radius 3 is 1.07 bits per heavy atom. The van der Waals surface area contributed by atoms with Gasteiger partial charge in [0, 0.05) is 13.2 Å². The van der Waals surface area contributed by atoms with Gasteiger partial charge < -0.3 is 38.3 Å². The van der Waals surface area contributed by atoms with Crippen molar-refractivity contribution >= 4 is 20.8 Å². The van der Waals surface area contributed by atoms with Crippen LogP contribution in [0.1, 0.15) is 90.9 Å². The first-order chi connectivity index (χ1) is 18.9. The van der Waals surface area contributed by atoms with Crippen LogP contribution in [0.5, 0.6) is 0 Å². The quantitative estimate of drug-likeness (QED) is 0.0363. The summed E-state index contributed by atoms with van der Waals surface area (Å²) in [5, 5.41) is 18.2. The molecular weight excluding hydrogens is 618 g/mol. The van der Waals surface area contributed by atoms with E-state index >= 15 is 0 Å². The van der Waals surface area contributed by atoms with Gasteiger partial charge in [0.1, 0.15) is 0 Å². The maximum absolute atomic E-state index is 9.29. The number of unbranched alkanes of at least 4 members (excludes halogenated alkanes) is 10. The summed E-state index contributed by atoms with van der Waals surface area (Å²) >= 11 is 0. The number of hydrogen-bond donors (Lipinski definition) is 2. The van der Waals surface area contributed by atoms with E-state index < -0.39 is 26.2 Å². The zero-order chi connectivity index (χ0) is 30.6. The van der Waals surface area contributed by atoms with E-state index in [2.05, 4.69) is 17.5 Å². The zero-order valence-corrected chi connectivity index (χ0v) is 31.9. The first kappa shape index (κ1) is 50.4. The normalized spacial score (nSPS) is 11.8. The molecule has 0 aromatic carbocycles. The van der Waals surface area contributed by atoms with Crippen molar-refractivity contribution in [2.24, 2.45) is 5.41 Å². The van der Waals surface area contributed by atoms with E-state index in [9.17, 15) is 25.9 Å². The van der Waals surface area contributed by atoms with Crippen molar-refractivity contribution in [2.75, 3.05) is 66.1 Å². The minimum Gasteiger partial charge on any atom is -0.725 e. The summed E-state index contributed by atoms with van der Waals surface area (Å²) < 4.78 is 81.6. The number of aliphatic hydroxyl groups is 2. The van der Waals surface area contributed by atoms with Gasteiger partial charge in [-0.05, 0) is 12.8 Å². The molecule has 0 aromatic heterocycles. The van der Waals surface area contributed by atoms with Crippen LogP contribution in [0.15, 0.2) is 0 Å². The van der Waals surface area contributed by atoms with Crippen molar-refractivity contribution in [2.45, 2.75) is 90.9 Å². The first-order valence-electron chi connectivity index (χ1n) is 14.1. The molecule has 0 saturated carbocycles. The van der Waals surface area contributed by atoms with Crippen LogP contribution in [0.2, 0.25) is 0 Å². The van der Waals surface area contributed by atoms with Crippen LogP contribution in [0.3, 0.4) is 0 Å². The third kappa shape index (κ3) is 39.6. The van der Waals surface area contributed by atoms with Crippen molar-refractivity contribution in [3.63, 3.8) is 0 Å². The molecular formula is C25H52Na2O13S2. The third-order valence-corrected chi connectivity index (χ3v) is 6.89. The zero-order valence-electron chi connectivity index (χ0n) is 26.3. The molecule has 17 heteroatoms. The minimum atomic E-state index is -5.43. The molecule has 0 heterocycles. The van der Waals surface area contributed by atoms with Crippen LogP contribution in [-0.4, -0.2) is 102 Å². The molecule has 42 heavy (non-hydrogen) atoms. The van der Waals surface area contributed by atoms with Gasteiger partial charge in [0.2, 0.25) is 20.8 Å². The van der Waals surface area contributed by atoms with E-state index in [1.807, 2.05) is 0 Å². The topological polar surface area (TPSA) is 201 Å². The molecule has 0 atom stereocenters. The van der Waals surface area contributed by atoms with Gasteiger partial charge in [0.15, 0.2) is 0 Å². The molecule has 0 aliphatic rings. The van der Waals surface area contributed by atoms with Crippen LogP contribution >= 0.6 is 0 Å². The van der Waals surface area contributed by atoms with Gasteiger partial charge in [-0.2, -0.15) is 3.63 Å². The molecule has 244 valence electrons. The van der Waals surface area contributed by atoms with Gasteiger partial charge >= 0.3 is 59.1 Å². The van der Waals surface area contributed by atoms with Gasteiger partial charge in [-0.3, -0.25) is 0 Å². The van der Waals surface area contributed by atoms with E-state index in [-0.39, 0.29) is 85.5 Å². The molecule has 0 aliphatic heterocycles. The molecule has 0 aromatic rings. The fourth-order valence-electron chi connectivity index (χ4n) is 3.60. The van der Waals surface area contributed by atoms with Crippen LogP contribution in [0.4, 0.5) is 0 Å². The van der Waals surface area contributed by atoms with Crippen LogP contribution in [0, 0.1) is 5.41 Å². The number of ether oxygens (including phenoxy) is 4. The molecule has 2 N–H and O–H groups in total. The van der Waals surface area contributed by atoms with Crippen molar-refractivity contribution in [3.05, 3.63) is 0 Å². The minimum absolute atomic E-state index is 0. The average Bonchev–Trinajstić information content (AvgIpc) is 2.86. The Labute approximate surface area is 298 Å². The molecule has 0 spiro atoms.